The molecule has 0 bridgehead atoms. The number of carbonyl (C=O) groups excluding carboxylic acids is 1. The van der Waals surface area contributed by atoms with E-state index in [9.17, 15) is 13.2 Å². The fourth-order valence-electron chi connectivity index (χ4n) is 4.92. The Labute approximate surface area is 196 Å². The van der Waals surface area contributed by atoms with Crippen molar-refractivity contribution in [2.24, 2.45) is 0 Å². The lowest BCUT2D eigenvalue weighted by Crippen LogP contribution is -2.54. The number of hydrogen-bond donors (Lipinski definition) is 0. The molecular formula is C23H36N6O3S. The van der Waals surface area contributed by atoms with Gasteiger partial charge in [-0.3, -0.25) is 9.69 Å². The zero-order chi connectivity index (χ0) is 23.6. The van der Waals surface area contributed by atoms with Gasteiger partial charge in [0, 0.05) is 39.3 Å². The van der Waals surface area contributed by atoms with Crippen molar-refractivity contribution in [1.82, 2.24) is 29.1 Å². The van der Waals surface area contributed by atoms with Crippen LogP contribution in [0.25, 0.3) is 11.0 Å². The third-order valence-electron chi connectivity index (χ3n) is 7.28. The third-order valence-corrected chi connectivity index (χ3v) is 9.07. The number of benzene rings is 1. The second kappa shape index (κ2) is 10.1. The van der Waals surface area contributed by atoms with E-state index in [1.54, 1.807) is 23.1 Å². The van der Waals surface area contributed by atoms with Crippen LogP contribution < -0.4 is 0 Å². The van der Waals surface area contributed by atoms with Crippen LogP contribution in [0.4, 0.5) is 0 Å². The van der Waals surface area contributed by atoms with Crippen LogP contribution in [-0.2, 0) is 14.8 Å². The molecule has 2 aliphatic rings. The van der Waals surface area contributed by atoms with Crippen LogP contribution in [0.1, 0.15) is 58.4 Å². The molecule has 1 aliphatic carbocycles. The van der Waals surface area contributed by atoms with E-state index >= 15 is 0 Å². The molecule has 1 aliphatic heterocycles. The summed E-state index contributed by atoms with van der Waals surface area (Å²) >= 11 is 0. The van der Waals surface area contributed by atoms with Crippen molar-refractivity contribution in [3.8, 4) is 0 Å². The minimum absolute atomic E-state index is 0.128. The van der Waals surface area contributed by atoms with Gasteiger partial charge in [0.1, 0.15) is 5.52 Å². The average Bonchev–Trinajstić information content (AvgIpc) is 3.27. The van der Waals surface area contributed by atoms with Gasteiger partial charge in [-0.1, -0.05) is 31.4 Å². The van der Waals surface area contributed by atoms with Gasteiger partial charge in [0.2, 0.25) is 15.9 Å². The molecule has 9 nitrogen and oxygen atoms in total. The average molecular weight is 477 g/mol. The minimum Gasteiger partial charge on any atom is -0.339 e. The number of rotatable bonds is 7. The third kappa shape index (κ3) is 5.07. The number of fused-ring (bicyclic) bond motifs is 1. The Morgan fingerprint density at radius 3 is 2.52 bits per heavy atom. The fourth-order valence-corrected chi connectivity index (χ4v) is 6.06. The van der Waals surface area contributed by atoms with Crippen LogP contribution in [0.15, 0.2) is 23.1 Å². The monoisotopic (exact) mass is 476 g/mol. The Morgan fingerprint density at radius 1 is 1.15 bits per heavy atom. The lowest BCUT2D eigenvalue weighted by molar-refractivity contribution is -0.133. The smallest absolute Gasteiger partial charge is 0.243 e. The van der Waals surface area contributed by atoms with Gasteiger partial charge in [0.05, 0.1) is 23.0 Å². The van der Waals surface area contributed by atoms with Gasteiger partial charge < -0.3 is 4.90 Å². The summed E-state index contributed by atoms with van der Waals surface area (Å²) in [4.78, 5) is 17.3. The Balaban J connectivity index is 1.38. The highest BCUT2D eigenvalue weighted by Crippen LogP contribution is 2.25. The van der Waals surface area contributed by atoms with Gasteiger partial charge in [0.25, 0.3) is 0 Å². The van der Waals surface area contributed by atoms with E-state index in [0.29, 0.717) is 24.6 Å². The van der Waals surface area contributed by atoms with Crippen molar-refractivity contribution in [3.05, 3.63) is 18.2 Å². The normalized spacial score (nSPS) is 19.9. The molecule has 1 aromatic carbocycles. The molecule has 2 heterocycles. The van der Waals surface area contributed by atoms with Gasteiger partial charge in [-0.2, -0.15) is 4.31 Å². The predicted molar refractivity (Wildman–Crippen MR) is 127 cm³/mol. The van der Waals surface area contributed by atoms with Crippen LogP contribution in [-0.4, -0.2) is 89.2 Å². The summed E-state index contributed by atoms with van der Waals surface area (Å²) in [6.45, 7) is 7.02. The molecule has 2 aromatic rings. The number of sulfonamides is 1. The standard InChI is InChI=1S/C23H36N6O3S/c1-4-18(2)29-22-11-10-20(16-21(22)24-25-29)33(31,32)26(3)17-23(30)28-14-12-27(13-15-28)19-8-6-5-7-9-19/h10-11,16,18-19H,4-9,12-15,17H2,1-3H3/t18-/m0/s1. The van der Waals surface area contributed by atoms with Crippen molar-refractivity contribution in [3.63, 3.8) is 0 Å². The highest BCUT2D eigenvalue weighted by atomic mass is 32.2. The van der Waals surface area contributed by atoms with Crippen molar-refractivity contribution in [1.29, 1.82) is 0 Å². The Bertz CT molecular complexity index is 1070. The zero-order valence-electron chi connectivity index (χ0n) is 20.0. The maximum Gasteiger partial charge on any atom is 0.243 e. The SMILES string of the molecule is CC[C@H](C)n1nnc2cc(S(=O)(=O)N(C)CC(=O)N3CCN(C4CCCCC4)CC3)ccc21. The molecule has 1 atom stereocenters. The van der Waals surface area contributed by atoms with Crippen LogP contribution in [0.3, 0.4) is 0 Å². The number of nitrogens with zero attached hydrogens (tertiary/aromatic N) is 6. The first-order chi connectivity index (χ1) is 15.8. The highest BCUT2D eigenvalue weighted by molar-refractivity contribution is 7.89. The quantitative estimate of drug-likeness (QED) is 0.610. The highest BCUT2D eigenvalue weighted by Gasteiger charge is 2.30. The second-order valence-electron chi connectivity index (χ2n) is 9.41. The fraction of sp³-hybridized carbons (Fsp3) is 0.696. The van der Waals surface area contributed by atoms with Crippen molar-refractivity contribution in [2.45, 2.75) is 69.4 Å². The molecule has 33 heavy (non-hydrogen) atoms. The van der Waals surface area contributed by atoms with Crippen LogP contribution in [0.5, 0.6) is 0 Å². The van der Waals surface area contributed by atoms with Crippen LogP contribution in [0.2, 0.25) is 0 Å². The van der Waals surface area contributed by atoms with E-state index in [0.717, 1.165) is 29.3 Å². The first-order valence-corrected chi connectivity index (χ1v) is 13.6. The summed E-state index contributed by atoms with van der Waals surface area (Å²) in [6.07, 6.45) is 7.34. The van der Waals surface area contributed by atoms with Crippen molar-refractivity contribution >= 4 is 27.0 Å². The lowest BCUT2D eigenvalue weighted by Gasteiger charge is -2.41. The summed E-state index contributed by atoms with van der Waals surface area (Å²) in [5.74, 6) is -0.145. The Hall–Kier alpha value is -2.04. The number of amides is 1. The molecule has 2 fully saturated rings. The van der Waals surface area contributed by atoms with Gasteiger partial charge in [-0.15, -0.1) is 5.10 Å². The van der Waals surface area contributed by atoms with Crippen molar-refractivity contribution < 1.29 is 13.2 Å². The van der Waals surface area contributed by atoms with Crippen molar-refractivity contribution in [2.75, 3.05) is 39.8 Å². The van der Waals surface area contributed by atoms with E-state index in [1.807, 2.05) is 11.6 Å². The van der Waals surface area contributed by atoms with E-state index in [4.69, 9.17) is 0 Å². The molecule has 1 saturated carbocycles. The molecule has 10 heteroatoms. The molecule has 1 saturated heterocycles. The van der Waals surface area contributed by atoms with Gasteiger partial charge in [-0.05, 0) is 44.4 Å². The number of aromatic nitrogens is 3. The second-order valence-corrected chi connectivity index (χ2v) is 11.5. The van der Waals surface area contributed by atoms with E-state index in [-0.39, 0.29) is 23.4 Å². The molecule has 1 aromatic heterocycles. The summed E-state index contributed by atoms with van der Waals surface area (Å²) in [5.41, 5.74) is 1.34. The Morgan fingerprint density at radius 2 is 1.85 bits per heavy atom. The first-order valence-electron chi connectivity index (χ1n) is 12.1. The maximum atomic E-state index is 13.1. The minimum atomic E-state index is -3.81. The summed E-state index contributed by atoms with van der Waals surface area (Å²) < 4.78 is 29.2. The molecule has 182 valence electrons. The van der Waals surface area contributed by atoms with Gasteiger partial charge in [-0.25, -0.2) is 13.1 Å². The van der Waals surface area contributed by atoms with Gasteiger partial charge in [0.15, 0.2) is 0 Å². The zero-order valence-corrected chi connectivity index (χ0v) is 20.8. The first kappa shape index (κ1) is 24.1. The van der Waals surface area contributed by atoms with Crippen LogP contribution >= 0.6 is 0 Å². The topological polar surface area (TPSA) is 91.6 Å². The maximum absolute atomic E-state index is 13.1. The number of likely N-dealkylation sites (N-methyl/N-ethyl adjacent to an activating group) is 1. The van der Waals surface area contributed by atoms with Crippen LogP contribution in [0, 0.1) is 0 Å². The molecule has 0 spiro atoms. The summed E-state index contributed by atoms with van der Waals surface area (Å²) in [6, 6.07) is 5.68. The Kier molecular flexibility index (Phi) is 7.35. The molecular weight excluding hydrogens is 440 g/mol. The largest absolute Gasteiger partial charge is 0.339 e. The summed E-state index contributed by atoms with van der Waals surface area (Å²) in [5, 5.41) is 8.33. The van der Waals surface area contributed by atoms with E-state index < -0.39 is 10.0 Å². The van der Waals surface area contributed by atoms with E-state index in [1.165, 1.54) is 39.2 Å². The molecule has 0 N–H and O–H groups in total. The molecule has 1 amide bonds. The molecule has 4 rings (SSSR count). The molecule has 0 radical (unpaired) electrons. The molecule has 0 unspecified atom stereocenters. The van der Waals surface area contributed by atoms with Gasteiger partial charge >= 0.3 is 0 Å². The number of hydrogen-bond acceptors (Lipinski definition) is 6. The lowest BCUT2D eigenvalue weighted by atomic mass is 9.94. The summed E-state index contributed by atoms with van der Waals surface area (Å²) in [7, 11) is -2.35. The number of carbonyl (C=O) groups is 1. The number of piperazine rings is 1. The predicted octanol–water partition coefficient (Wildman–Crippen LogP) is 2.50. The van der Waals surface area contributed by atoms with E-state index in [2.05, 4.69) is 22.1 Å².